The largest absolute Gasteiger partial charge is 0.479 e. The van der Waals surface area contributed by atoms with Crippen LogP contribution in [0.15, 0.2) is 24.5 Å². The van der Waals surface area contributed by atoms with Crippen LogP contribution in [0.5, 0.6) is 5.88 Å². The molecule has 1 aromatic rings. The minimum absolute atomic E-state index is 0.690. The summed E-state index contributed by atoms with van der Waals surface area (Å²) in [6.45, 7) is 3.01. The van der Waals surface area contributed by atoms with Crippen molar-refractivity contribution < 1.29 is 4.74 Å². The third-order valence-corrected chi connectivity index (χ3v) is 2.79. The molecule has 86 valence electrons. The molecule has 0 saturated carbocycles. The average molecular weight is 219 g/mol. The Balaban J connectivity index is 2.44. The van der Waals surface area contributed by atoms with E-state index in [2.05, 4.69) is 28.0 Å². The minimum atomic E-state index is 0.690. The lowest BCUT2D eigenvalue weighted by atomic mass is 10.1. The van der Waals surface area contributed by atoms with E-state index in [4.69, 9.17) is 4.74 Å². The Labute approximate surface area is 96.1 Å². The van der Waals surface area contributed by atoms with Crippen LogP contribution < -0.4 is 9.75 Å². The molecule has 1 aliphatic rings. The highest BCUT2D eigenvalue weighted by atomic mass is 16.5. The van der Waals surface area contributed by atoms with Gasteiger partial charge in [-0.2, -0.15) is 0 Å². The van der Waals surface area contributed by atoms with Gasteiger partial charge in [0.05, 0.1) is 13.7 Å². The standard InChI is InChI=1S/C12H17N3O/c1-4-10-6-7-13-12(16-3)11(10)15-9-5-8-14(15)2/h5-8H,4,9H2,1-3H3. The number of methoxy groups -OCH3 is 1. The van der Waals surface area contributed by atoms with Gasteiger partial charge in [-0.3, -0.25) is 10.0 Å². The van der Waals surface area contributed by atoms with Gasteiger partial charge in [-0.1, -0.05) is 6.92 Å². The van der Waals surface area contributed by atoms with Crippen LogP contribution in [-0.2, 0) is 6.42 Å². The summed E-state index contributed by atoms with van der Waals surface area (Å²) in [5.74, 6) is 0.690. The Kier molecular flexibility index (Phi) is 2.99. The second-order valence-corrected chi connectivity index (χ2v) is 3.72. The summed E-state index contributed by atoms with van der Waals surface area (Å²) in [7, 11) is 3.68. The number of nitrogens with zero attached hydrogens (tertiary/aromatic N) is 3. The number of aryl methyl sites for hydroxylation is 1. The molecule has 1 aliphatic heterocycles. The van der Waals surface area contributed by atoms with Crippen molar-refractivity contribution in [3.63, 3.8) is 0 Å². The van der Waals surface area contributed by atoms with Crippen LogP contribution in [0.3, 0.4) is 0 Å². The maximum Gasteiger partial charge on any atom is 0.239 e. The lowest BCUT2D eigenvalue weighted by molar-refractivity contribution is 0.384. The van der Waals surface area contributed by atoms with Gasteiger partial charge in [0, 0.05) is 19.4 Å². The highest BCUT2D eigenvalue weighted by Gasteiger charge is 2.20. The molecule has 0 atom stereocenters. The van der Waals surface area contributed by atoms with Crippen LogP contribution in [0.4, 0.5) is 5.69 Å². The number of pyridine rings is 1. The van der Waals surface area contributed by atoms with Crippen molar-refractivity contribution in [1.82, 2.24) is 9.99 Å². The van der Waals surface area contributed by atoms with E-state index < -0.39 is 0 Å². The molecule has 0 spiro atoms. The van der Waals surface area contributed by atoms with Crippen molar-refractivity contribution in [2.45, 2.75) is 13.3 Å². The van der Waals surface area contributed by atoms with Crippen LogP contribution >= 0.6 is 0 Å². The molecule has 0 fully saturated rings. The van der Waals surface area contributed by atoms with Gasteiger partial charge in [-0.05, 0) is 24.1 Å². The summed E-state index contributed by atoms with van der Waals surface area (Å²) in [6.07, 6.45) is 6.93. The second-order valence-electron chi connectivity index (χ2n) is 3.72. The second kappa shape index (κ2) is 4.43. The Hall–Kier alpha value is -1.71. The smallest absolute Gasteiger partial charge is 0.239 e. The first-order valence-corrected chi connectivity index (χ1v) is 5.46. The van der Waals surface area contributed by atoms with Crippen LogP contribution in [0.1, 0.15) is 12.5 Å². The van der Waals surface area contributed by atoms with Crippen molar-refractivity contribution >= 4 is 5.69 Å². The number of anilines is 1. The molecule has 1 aromatic heterocycles. The van der Waals surface area contributed by atoms with Crippen LogP contribution in [0, 0.1) is 0 Å². The molecule has 0 radical (unpaired) electrons. The Morgan fingerprint density at radius 3 is 2.88 bits per heavy atom. The van der Waals surface area contributed by atoms with E-state index in [-0.39, 0.29) is 0 Å². The van der Waals surface area contributed by atoms with Crippen molar-refractivity contribution in [1.29, 1.82) is 0 Å². The Morgan fingerprint density at radius 2 is 2.31 bits per heavy atom. The van der Waals surface area contributed by atoms with Gasteiger partial charge in [0.2, 0.25) is 5.88 Å². The van der Waals surface area contributed by atoms with Crippen LogP contribution in [-0.4, -0.2) is 30.7 Å². The summed E-state index contributed by atoms with van der Waals surface area (Å²) in [6, 6.07) is 2.05. The number of hydrogen-bond donors (Lipinski definition) is 0. The van der Waals surface area contributed by atoms with Crippen molar-refractivity contribution in [3.8, 4) is 5.88 Å². The molecular weight excluding hydrogens is 202 g/mol. The molecule has 0 saturated heterocycles. The van der Waals surface area contributed by atoms with E-state index in [1.165, 1.54) is 5.56 Å². The fourth-order valence-corrected chi connectivity index (χ4v) is 1.94. The zero-order valence-corrected chi connectivity index (χ0v) is 9.97. The normalized spacial score (nSPS) is 14.7. The maximum absolute atomic E-state index is 5.34. The Bertz CT molecular complexity index is 381. The lowest BCUT2D eigenvalue weighted by Gasteiger charge is -2.29. The van der Waals surface area contributed by atoms with Crippen molar-refractivity contribution in [3.05, 3.63) is 30.1 Å². The number of aromatic nitrogens is 1. The zero-order chi connectivity index (χ0) is 11.5. The van der Waals surface area contributed by atoms with E-state index in [9.17, 15) is 0 Å². The predicted molar refractivity (Wildman–Crippen MR) is 64.4 cm³/mol. The molecule has 4 heteroatoms. The highest BCUT2D eigenvalue weighted by Crippen LogP contribution is 2.32. The SMILES string of the molecule is CCc1ccnc(OC)c1N1CC=CN1C. The first-order valence-electron chi connectivity index (χ1n) is 5.46. The van der Waals surface area contributed by atoms with Crippen LogP contribution in [0.25, 0.3) is 0 Å². The molecule has 16 heavy (non-hydrogen) atoms. The van der Waals surface area contributed by atoms with E-state index in [0.29, 0.717) is 5.88 Å². The van der Waals surface area contributed by atoms with E-state index in [0.717, 1.165) is 18.7 Å². The summed E-state index contributed by atoms with van der Waals surface area (Å²) in [5.41, 5.74) is 2.32. The van der Waals surface area contributed by atoms with Crippen molar-refractivity contribution in [2.75, 3.05) is 25.7 Å². The van der Waals surface area contributed by atoms with E-state index in [1.807, 2.05) is 19.3 Å². The van der Waals surface area contributed by atoms with E-state index in [1.54, 1.807) is 13.3 Å². The Morgan fingerprint density at radius 1 is 1.50 bits per heavy atom. The molecule has 0 bridgehead atoms. The van der Waals surface area contributed by atoms with Gasteiger partial charge in [0.25, 0.3) is 0 Å². The maximum atomic E-state index is 5.34. The fourth-order valence-electron chi connectivity index (χ4n) is 1.94. The van der Waals surface area contributed by atoms with Gasteiger partial charge in [0.1, 0.15) is 5.69 Å². The first kappa shape index (κ1) is 10.8. The van der Waals surface area contributed by atoms with Gasteiger partial charge in [-0.15, -0.1) is 0 Å². The summed E-state index contributed by atoms with van der Waals surface area (Å²) in [5, 5.41) is 4.21. The minimum Gasteiger partial charge on any atom is -0.479 e. The monoisotopic (exact) mass is 219 g/mol. The molecule has 2 heterocycles. The fraction of sp³-hybridized carbons (Fsp3) is 0.417. The quantitative estimate of drug-likeness (QED) is 0.775. The third kappa shape index (κ3) is 1.71. The highest BCUT2D eigenvalue weighted by molar-refractivity contribution is 5.61. The topological polar surface area (TPSA) is 28.6 Å². The summed E-state index contributed by atoms with van der Waals surface area (Å²) >= 11 is 0. The molecule has 0 N–H and O–H groups in total. The first-order chi connectivity index (χ1) is 7.77. The molecule has 2 rings (SSSR count). The number of ether oxygens (including phenoxy) is 1. The molecule has 4 nitrogen and oxygen atoms in total. The predicted octanol–water partition coefficient (Wildman–Crippen LogP) is 1.83. The molecule has 0 aliphatic carbocycles. The third-order valence-electron chi connectivity index (χ3n) is 2.79. The van der Waals surface area contributed by atoms with Crippen LogP contribution in [0.2, 0.25) is 0 Å². The molecule has 0 aromatic carbocycles. The number of rotatable bonds is 3. The van der Waals surface area contributed by atoms with Crippen molar-refractivity contribution in [2.24, 2.45) is 0 Å². The molecule has 0 amide bonds. The summed E-state index contributed by atoms with van der Waals surface area (Å²) < 4.78 is 5.34. The van der Waals surface area contributed by atoms with E-state index >= 15 is 0 Å². The molecule has 0 unspecified atom stereocenters. The molecular formula is C12H17N3O. The van der Waals surface area contributed by atoms with Gasteiger partial charge in [-0.25, -0.2) is 4.98 Å². The van der Waals surface area contributed by atoms with Gasteiger partial charge in [0.15, 0.2) is 0 Å². The summed E-state index contributed by atoms with van der Waals surface area (Å²) in [4.78, 5) is 4.27. The lowest BCUT2D eigenvalue weighted by Crippen LogP contribution is -2.33. The number of hydrogen-bond acceptors (Lipinski definition) is 4. The number of hydrazine groups is 1. The van der Waals surface area contributed by atoms with Gasteiger partial charge >= 0.3 is 0 Å². The zero-order valence-electron chi connectivity index (χ0n) is 9.97. The average Bonchev–Trinajstić information content (AvgIpc) is 2.74. The van der Waals surface area contributed by atoms with Gasteiger partial charge < -0.3 is 4.74 Å².